The third-order valence-corrected chi connectivity index (χ3v) is 3.28. The number of aromatic nitrogens is 3. The van der Waals surface area contributed by atoms with Gasteiger partial charge < -0.3 is 10.2 Å². The fourth-order valence-corrected chi connectivity index (χ4v) is 2.07. The molecule has 0 atom stereocenters. The van der Waals surface area contributed by atoms with Crippen LogP contribution in [0.5, 0.6) is 0 Å². The number of nitrogens with two attached hydrogens (primary N) is 1. The van der Waals surface area contributed by atoms with E-state index in [1.807, 2.05) is 24.3 Å². The van der Waals surface area contributed by atoms with E-state index in [0.29, 0.717) is 17.2 Å². The van der Waals surface area contributed by atoms with Crippen LogP contribution in [0.3, 0.4) is 0 Å². The molecular weight excluding hydrogens is 324 g/mol. The van der Waals surface area contributed by atoms with Crippen LogP contribution in [0.25, 0.3) is 22.8 Å². The molecule has 0 aliphatic rings. The molecule has 100 valence electrons. The van der Waals surface area contributed by atoms with Crippen molar-refractivity contribution in [1.29, 1.82) is 0 Å². The maximum absolute atomic E-state index is 11.2. The average Bonchev–Trinajstić information content (AvgIpc) is 3.08. The summed E-state index contributed by atoms with van der Waals surface area (Å²) in [5, 5.41) is 9.97. The molecule has 0 saturated heterocycles. The van der Waals surface area contributed by atoms with E-state index in [1.165, 1.54) is 0 Å². The number of nitrogens with zero attached hydrogens (tertiary/aromatic N) is 2. The Kier molecular flexibility index (Phi) is 3.11. The quantitative estimate of drug-likeness (QED) is 0.770. The smallest absolute Gasteiger partial charge is 0.271 e. The lowest BCUT2D eigenvalue weighted by Crippen LogP contribution is -2.12. The SMILES string of the molecule is NC(=O)c1n[nH]nc1-c1ccc(-c2ccc(Br)cc2)o1. The van der Waals surface area contributed by atoms with Gasteiger partial charge in [-0.3, -0.25) is 4.79 Å². The molecule has 2 heterocycles. The summed E-state index contributed by atoms with van der Waals surface area (Å²) in [6.45, 7) is 0. The Hall–Kier alpha value is -2.41. The average molecular weight is 333 g/mol. The lowest BCUT2D eigenvalue weighted by Gasteiger charge is -1.97. The molecule has 1 aromatic carbocycles. The first-order chi connectivity index (χ1) is 9.65. The van der Waals surface area contributed by atoms with Crippen LogP contribution in [0.4, 0.5) is 0 Å². The second kappa shape index (κ2) is 4.93. The summed E-state index contributed by atoms with van der Waals surface area (Å²) in [5.74, 6) is 0.451. The number of halogens is 1. The van der Waals surface area contributed by atoms with Crippen LogP contribution in [0.2, 0.25) is 0 Å². The third-order valence-electron chi connectivity index (χ3n) is 2.75. The Morgan fingerprint density at radius 1 is 1.10 bits per heavy atom. The highest BCUT2D eigenvalue weighted by Gasteiger charge is 2.18. The number of rotatable bonds is 3. The van der Waals surface area contributed by atoms with Crippen molar-refractivity contribution < 1.29 is 9.21 Å². The first kappa shape index (κ1) is 12.6. The fourth-order valence-electron chi connectivity index (χ4n) is 1.81. The van der Waals surface area contributed by atoms with Gasteiger partial charge in [-0.2, -0.15) is 15.4 Å². The molecule has 1 amide bonds. The lowest BCUT2D eigenvalue weighted by molar-refractivity contribution is 0.0996. The van der Waals surface area contributed by atoms with Crippen LogP contribution in [-0.2, 0) is 0 Å². The molecule has 2 aromatic heterocycles. The van der Waals surface area contributed by atoms with Crippen LogP contribution in [-0.4, -0.2) is 21.3 Å². The van der Waals surface area contributed by atoms with Gasteiger partial charge in [0.15, 0.2) is 17.1 Å². The third kappa shape index (κ3) is 2.23. The van der Waals surface area contributed by atoms with Gasteiger partial charge in [0.05, 0.1) is 0 Å². The van der Waals surface area contributed by atoms with Crippen LogP contribution in [0.1, 0.15) is 10.5 Å². The van der Waals surface area contributed by atoms with Gasteiger partial charge in [-0.1, -0.05) is 28.1 Å². The zero-order valence-electron chi connectivity index (χ0n) is 10.1. The fraction of sp³-hybridized carbons (Fsp3) is 0. The molecule has 0 bridgehead atoms. The normalized spacial score (nSPS) is 10.7. The minimum absolute atomic E-state index is 0.0571. The Labute approximate surface area is 122 Å². The molecule has 3 rings (SSSR count). The highest BCUT2D eigenvalue weighted by Crippen LogP contribution is 2.29. The minimum Gasteiger partial charge on any atom is -0.454 e. The topological polar surface area (TPSA) is 97.8 Å². The van der Waals surface area contributed by atoms with Crippen LogP contribution < -0.4 is 5.73 Å². The van der Waals surface area contributed by atoms with Gasteiger partial charge in [-0.15, -0.1) is 0 Å². The van der Waals surface area contributed by atoms with Crippen molar-refractivity contribution in [3.05, 3.63) is 46.6 Å². The Morgan fingerprint density at radius 2 is 1.80 bits per heavy atom. The number of aromatic amines is 1. The van der Waals surface area contributed by atoms with Crippen molar-refractivity contribution in [3.8, 4) is 22.8 Å². The molecule has 20 heavy (non-hydrogen) atoms. The number of primary amides is 1. The number of hydrogen-bond donors (Lipinski definition) is 2. The molecule has 0 aliphatic carbocycles. The number of hydrogen-bond acceptors (Lipinski definition) is 4. The first-order valence-corrected chi connectivity index (χ1v) is 6.51. The molecular formula is C13H9BrN4O2. The zero-order chi connectivity index (χ0) is 14.1. The molecule has 0 radical (unpaired) electrons. The predicted molar refractivity (Wildman–Crippen MR) is 75.7 cm³/mol. The van der Waals surface area contributed by atoms with Crippen molar-refractivity contribution in [1.82, 2.24) is 15.4 Å². The first-order valence-electron chi connectivity index (χ1n) is 5.72. The van der Waals surface area contributed by atoms with Gasteiger partial charge in [0, 0.05) is 10.0 Å². The van der Waals surface area contributed by atoms with Crippen molar-refractivity contribution in [2.75, 3.05) is 0 Å². The molecule has 0 aliphatic heterocycles. The standard InChI is InChI=1S/C13H9BrN4O2/c14-8-3-1-7(2-4-8)9-5-6-10(20-9)11-12(13(15)19)17-18-16-11/h1-6H,(H2,15,19)(H,16,17,18). The van der Waals surface area contributed by atoms with Gasteiger partial charge in [0.1, 0.15) is 5.76 Å². The summed E-state index contributed by atoms with van der Waals surface area (Å²) in [5.41, 5.74) is 6.51. The summed E-state index contributed by atoms with van der Waals surface area (Å²) in [6, 6.07) is 11.2. The number of nitrogens with one attached hydrogen (secondary N) is 1. The summed E-state index contributed by atoms with van der Waals surface area (Å²) in [6.07, 6.45) is 0. The van der Waals surface area contributed by atoms with Gasteiger partial charge in [-0.25, -0.2) is 0 Å². The summed E-state index contributed by atoms with van der Waals surface area (Å²) in [4.78, 5) is 11.2. The van der Waals surface area contributed by atoms with Gasteiger partial charge in [0.25, 0.3) is 5.91 Å². The number of amides is 1. The maximum Gasteiger partial charge on any atom is 0.271 e. The second-order valence-electron chi connectivity index (χ2n) is 4.06. The molecule has 0 unspecified atom stereocenters. The molecule has 3 aromatic rings. The van der Waals surface area contributed by atoms with Crippen LogP contribution >= 0.6 is 15.9 Å². The number of furan rings is 1. The van der Waals surface area contributed by atoms with Gasteiger partial charge in [-0.05, 0) is 24.3 Å². The molecule has 6 nitrogen and oxygen atoms in total. The number of benzene rings is 1. The molecule has 7 heteroatoms. The van der Waals surface area contributed by atoms with Gasteiger partial charge in [0.2, 0.25) is 0 Å². The van der Waals surface area contributed by atoms with Crippen molar-refractivity contribution in [2.45, 2.75) is 0 Å². The van der Waals surface area contributed by atoms with Crippen LogP contribution in [0.15, 0.2) is 45.3 Å². The summed E-state index contributed by atoms with van der Waals surface area (Å²) < 4.78 is 6.69. The molecule has 0 spiro atoms. The van der Waals surface area contributed by atoms with Crippen molar-refractivity contribution >= 4 is 21.8 Å². The molecule has 3 N–H and O–H groups in total. The molecule has 0 fully saturated rings. The highest BCUT2D eigenvalue weighted by atomic mass is 79.9. The van der Waals surface area contributed by atoms with E-state index >= 15 is 0 Å². The largest absolute Gasteiger partial charge is 0.454 e. The van der Waals surface area contributed by atoms with E-state index < -0.39 is 5.91 Å². The van der Waals surface area contributed by atoms with Gasteiger partial charge >= 0.3 is 0 Å². The summed E-state index contributed by atoms with van der Waals surface area (Å²) in [7, 11) is 0. The number of carbonyl (C=O) groups is 1. The second-order valence-corrected chi connectivity index (χ2v) is 4.97. The van der Waals surface area contributed by atoms with E-state index in [-0.39, 0.29) is 5.69 Å². The zero-order valence-corrected chi connectivity index (χ0v) is 11.7. The number of carbonyl (C=O) groups excluding carboxylic acids is 1. The number of H-pyrrole nitrogens is 1. The lowest BCUT2D eigenvalue weighted by atomic mass is 10.2. The van der Waals surface area contributed by atoms with E-state index in [1.54, 1.807) is 12.1 Å². The minimum atomic E-state index is -0.657. The highest BCUT2D eigenvalue weighted by molar-refractivity contribution is 9.10. The molecule has 0 saturated carbocycles. The van der Waals surface area contributed by atoms with E-state index in [4.69, 9.17) is 10.2 Å². The predicted octanol–water partition coefficient (Wildman–Crippen LogP) is 2.59. The Balaban J connectivity index is 2.00. The van der Waals surface area contributed by atoms with Crippen LogP contribution in [0, 0.1) is 0 Å². The van der Waals surface area contributed by atoms with Crippen molar-refractivity contribution in [3.63, 3.8) is 0 Å². The maximum atomic E-state index is 11.2. The van der Waals surface area contributed by atoms with Crippen molar-refractivity contribution in [2.24, 2.45) is 5.73 Å². The Morgan fingerprint density at radius 3 is 2.50 bits per heavy atom. The Bertz CT molecular complexity index is 761. The monoisotopic (exact) mass is 332 g/mol. The van der Waals surface area contributed by atoms with E-state index in [0.717, 1.165) is 10.0 Å². The van der Waals surface area contributed by atoms with E-state index in [2.05, 4.69) is 31.3 Å². The van der Waals surface area contributed by atoms with E-state index in [9.17, 15) is 4.79 Å². The summed E-state index contributed by atoms with van der Waals surface area (Å²) >= 11 is 3.38.